The number of amides is 1. The predicted molar refractivity (Wildman–Crippen MR) is 114 cm³/mol. The van der Waals surface area contributed by atoms with Gasteiger partial charge in [0.15, 0.2) is 0 Å². The minimum Gasteiger partial charge on any atom is -0.368 e. The lowest BCUT2D eigenvalue weighted by Crippen LogP contribution is -2.50. The Morgan fingerprint density at radius 2 is 1.90 bits per heavy atom. The van der Waals surface area contributed by atoms with Crippen molar-refractivity contribution in [3.8, 4) is 0 Å². The van der Waals surface area contributed by atoms with Crippen molar-refractivity contribution in [2.75, 3.05) is 31.1 Å². The third kappa shape index (κ3) is 4.36. The van der Waals surface area contributed by atoms with Gasteiger partial charge in [0.05, 0.1) is 17.3 Å². The van der Waals surface area contributed by atoms with Crippen molar-refractivity contribution in [3.05, 3.63) is 91.7 Å². The monoisotopic (exact) mass is 443 g/mol. The number of aromatic amines is 1. The Hall–Kier alpha value is -3.46. The summed E-state index contributed by atoms with van der Waals surface area (Å²) < 4.78 is 14.4. The first kappa shape index (κ1) is 20.8. The van der Waals surface area contributed by atoms with Crippen LogP contribution in [0.15, 0.2) is 58.4 Å². The number of hydrogen-bond acceptors (Lipinski definition) is 5. The van der Waals surface area contributed by atoms with Crippen molar-refractivity contribution in [3.63, 3.8) is 0 Å². The van der Waals surface area contributed by atoms with Gasteiger partial charge in [0.25, 0.3) is 11.5 Å². The number of carbonyl (C=O) groups is 1. The van der Waals surface area contributed by atoms with Crippen LogP contribution in [0.5, 0.6) is 0 Å². The summed E-state index contributed by atoms with van der Waals surface area (Å²) >= 11 is 5.86. The molecule has 0 radical (unpaired) electrons. The van der Waals surface area contributed by atoms with Crippen LogP contribution in [0, 0.1) is 5.82 Å². The van der Waals surface area contributed by atoms with E-state index in [1.807, 2.05) is 4.90 Å². The van der Waals surface area contributed by atoms with E-state index in [1.54, 1.807) is 41.4 Å². The molecule has 4 rings (SSSR count). The molecular formula is C21H19ClFN5O3. The van der Waals surface area contributed by atoms with Gasteiger partial charge >= 0.3 is 5.69 Å². The third-order valence-corrected chi connectivity index (χ3v) is 5.46. The molecule has 8 nitrogen and oxygen atoms in total. The van der Waals surface area contributed by atoms with E-state index in [-0.39, 0.29) is 17.1 Å². The molecule has 31 heavy (non-hydrogen) atoms. The number of piperazine rings is 1. The van der Waals surface area contributed by atoms with Crippen LogP contribution in [-0.2, 0) is 6.54 Å². The van der Waals surface area contributed by atoms with Gasteiger partial charge in [-0.1, -0.05) is 17.7 Å². The minimum absolute atomic E-state index is 0.0325. The second-order valence-electron chi connectivity index (χ2n) is 7.10. The summed E-state index contributed by atoms with van der Waals surface area (Å²) in [5.41, 5.74) is -0.0716. The molecule has 1 aliphatic heterocycles. The Balaban J connectivity index is 1.50. The molecule has 0 atom stereocenters. The SMILES string of the molecule is O=C(c1c[nH]c(=O)n(Cc2ccccn2)c1=O)N1CCN(c2ccc(F)c(Cl)c2)CC1. The maximum atomic E-state index is 13.4. The van der Waals surface area contributed by atoms with Gasteiger partial charge in [-0.05, 0) is 30.3 Å². The lowest BCUT2D eigenvalue weighted by atomic mass is 10.2. The molecule has 1 saturated heterocycles. The number of nitrogens with zero attached hydrogens (tertiary/aromatic N) is 4. The first-order valence-electron chi connectivity index (χ1n) is 9.66. The number of halogens is 2. The summed E-state index contributed by atoms with van der Waals surface area (Å²) in [4.78, 5) is 48.1. The molecule has 1 amide bonds. The van der Waals surface area contributed by atoms with E-state index < -0.39 is 23.0 Å². The van der Waals surface area contributed by atoms with E-state index in [0.717, 1.165) is 16.5 Å². The molecule has 0 unspecified atom stereocenters. The molecule has 10 heteroatoms. The van der Waals surface area contributed by atoms with Crippen LogP contribution in [0.4, 0.5) is 10.1 Å². The molecule has 0 bridgehead atoms. The fourth-order valence-corrected chi connectivity index (χ4v) is 3.66. The molecule has 3 heterocycles. The number of carbonyl (C=O) groups excluding carboxylic acids is 1. The van der Waals surface area contributed by atoms with Gasteiger partial charge in [0.2, 0.25) is 0 Å². The minimum atomic E-state index is -0.660. The highest BCUT2D eigenvalue weighted by molar-refractivity contribution is 6.31. The molecule has 2 aromatic heterocycles. The molecule has 3 aromatic rings. The molecule has 1 aromatic carbocycles. The van der Waals surface area contributed by atoms with Crippen molar-refractivity contribution in [2.45, 2.75) is 6.54 Å². The Morgan fingerprint density at radius 1 is 1.13 bits per heavy atom. The second kappa shape index (κ2) is 8.73. The van der Waals surface area contributed by atoms with Gasteiger partial charge in [-0.25, -0.2) is 9.18 Å². The molecule has 1 N–H and O–H groups in total. The Labute approximate surface area is 181 Å². The van der Waals surface area contributed by atoms with Crippen molar-refractivity contribution in [2.24, 2.45) is 0 Å². The van der Waals surface area contributed by atoms with Crippen molar-refractivity contribution in [1.29, 1.82) is 0 Å². The van der Waals surface area contributed by atoms with Crippen LogP contribution in [0.3, 0.4) is 0 Å². The van der Waals surface area contributed by atoms with Gasteiger partial charge < -0.3 is 14.8 Å². The normalized spacial score (nSPS) is 14.0. The zero-order valence-corrected chi connectivity index (χ0v) is 17.2. The lowest BCUT2D eigenvalue weighted by Gasteiger charge is -2.36. The van der Waals surface area contributed by atoms with E-state index in [4.69, 9.17) is 11.6 Å². The van der Waals surface area contributed by atoms with Crippen LogP contribution in [0.25, 0.3) is 0 Å². The number of benzene rings is 1. The van der Waals surface area contributed by atoms with Crippen LogP contribution in [0.1, 0.15) is 16.1 Å². The van der Waals surface area contributed by atoms with Gasteiger partial charge in [-0.2, -0.15) is 0 Å². The highest BCUT2D eigenvalue weighted by atomic mass is 35.5. The summed E-state index contributed by atoms with van der Waals surface area (Å²) in [6.07, 6.45) is 2.73. The molecule has 0 spiro atoms. The van der Waals surface area contributed by atoms with Gasteiger partial charge in [-0.15, -0.1) is 0 Å². The Bertz CT molecular complexity index is 1220. The molecule has 160 valence electrons. The first-order valence-corrected chi connectivity index (χ1v) is 10.0. The van der Waals surface area contributed by atoms with Gasteiger partial charge in [0.1, 0.15) is 11.4 Å². The molecular weight excluding hydrogens is 425 g/mol. The van der Waals surface area contributed by atoms with Gasteiger partial charge in [0, 0.05) is 44.3 Å². The first-order chi connectivity index (χ1) is 14.9. The van der Waals surface area contributed by atoms with Crippen LogP contribution >= 0.6 is 11.6 Å². The topological polar surface area (TPSA) is 91.3 Å². The summed E-state index contributed by atoms with van der Waals surface area (Å²) in [5, 5.41) is 0.0395. The van der Waals surface area contributed by atoms with Crippen molar-refractivity contribution < 1.29 is 9.18 Å². The number of rotatable bonds is 4. The predicted octanol–water partition coefficient (Wildman–Crippen LogP) is 1.73. The number of pyridine rings is 1. The molecule has 0 aliphatic carbocycles. The van der Waals surface area contributed by atoms with E-state index >= 15 is 0 Å². The second-order valence-corrected chi connectivity index (χ2v) is 7.50. The zero-order valence-electron chi connectivity index (χ0n) is 16.4. The summed E-state index contributed by atoms with van der Waals surface area (Å²) in [5.74, 6) is -0.938. The van der Waals surface area contributed by atoms with E-state index in [1.165, 1.54) is 6.07 Å². The summed E-state index contributed by atoms with van der Waals surface area (Å²) in [6.45, 7) is 1.70. The fraction of sp³-hybridized carbons (Fsp3) is 0.238. The Kier molecular flexibility index (Phi) is 5.85. The van der Waals surface area contributed by atoms with Crippen molar-refractivity contribution >= 4 is 23.2 Å². The van der Waals surface area contributed by atoms with Crippen LogP contribution < -0.4 is 16.1 Å². The number of nitrogens with one attached hydrogen (secondary N) is 1. The number of hydrogen-bond donors (Lipinski definition) is 1. The average molecular weight is 444 g/mol. The highest BCUT2D eigenvalue weighted by Gasteiger charge is 2.25. The van der Waals surface area contributed by atoms with Crippen LogP contribution in [0.2, 0.25) is 5.02 Å². The van der Waals surface area contributed by atoms with Crippen molar-refractivity contribution in [1.82, 2.24) is 19.4 Å². The maximum absolute atomic E-state index is 13.4. The van der Waals surface area contributed by atoms with E-state index in [9.17, 15) is 18.8 Å². The standard InChI is InChI=1S/C21H19ClFN5O3/c22-17-11-15(4-5-18(17)23)26-7-9-27(10-8-26)19(29)16-12-25-21(31)28(20(16)30)13-14-3-1-2-6-24-14/h1-6,11-12H,7-10,13H2,(H,25,31). The lowest BCUT2D eigenvalue weighted by molar-refractivity contribution is 0.0743. The largest absolute Gasteiger partial charge is 0.368 e. The van der Waals surface area contributed by atoms with E-state index in [2.05, 4.69) is 9.97 Å². The number of aromatic nitrogens is 3. The zero-order chi connectivity index (χ0) is 22.0. The number of H-pyrrole nitrogens is 1. The third-order valence-electron chi connectivity index (χ3n) is 5.17. The fourth-order valence-electron chi connectivity index (χ4n) is 3.48. The maximum Gasteiger partial charge on any atom is 0.328 e. The van der Waals surface area contributed by atoms with Crippen LogP contribution in [-0.4, -0.2) is 51.5 Å². The summed E-state index contributed by atoms with van der Waals surface area (Å²) in [7, 11) is 0. The average Bonchev–Trinajstić information content (AvgIpc) is 2.79. The quantitative estimate of drug-likeness (QED) is 0.663. The molecule has 1 fully saturated rings. The highest BCUT2D eigenvalue weighted by Crippen LogP contribution is 2.23. The number of anilines is 1. The Morgan fingerprint density at radius 3 is 2.58 bits per heavy atom. The molecule has 0 saturated carbocycles. The van der Waals surface area contributed by atoms with E-state index in [0.29, 0.717) is 31.9 Å². The summed E-state index contributed by atoms with van der Waals surface area (Å²) in [6, 6.07) is 9.67. The smallest absolute Gasteiger partial charge is 0.328 e. The van der Waals surface area contributed by atoms with Gasteiger partial charge in [-0.3, -0.25) is 19.1 Å². The molecule has 1 aliphatic rings.